The lowest BCUT2D eigenvalue weighted by molar-refractivity contribution is -0.134. The quantitative estimate of drug-likeness (QED) is 0.833. The van der Waals surface area contributed by atoms with Crippen LogP contribution in [-0.4, -0.2) is 54.2 Å². The van der Waals surface area contributed by atoms with E-state index in [-0.39, 0.29) is 5.91 Å². The predicted octanol–water partition coefficient (Wildman–Crippen LogP) is 1.12. The van der Waals surface area contributed by atoms with Crippen LogP contribution >= 0.6 is 0 Å². The fraction of sp³-hybridized carbons (Fsp3) is 0.533. The van der Waals surface area contributed by atoms with Gasteiger partial charge >= 0.3 is 0 Å². The van der Waals surface area contributed by atoms with Gasteiger partial charge in [-0.25, -0.2) is 0 Å². The summed E-state index contributed by atoms with van der Waals surface area (Å²) in [6.07, 6.45) is 2.04. The largest absolute Gasteiger partial charge is 0.463 e. The number of ether oxygens (including phenoxy) is 1. The minimum atomic E-state index is -0.479. The number of anilines is 1. The summed E-state index contributed by atoms with van der Waals surface area (Å²) in [5, 5.41) is 2.95. The summed E-state index contributed by atoms with van der Waals surface area (Å²) in [6.45, 7) is 4.08. The zero-order valence-corrected chi connectivity index (χ0v) is 11.4. The van der Waals surface area contributed by atoms with Crippen molar-refractivity contribution in [2.45, 2.75) is 25.1 Å². The van der Waals surface area contributed by atoms with Crippen LogP contribution in [0.3, 0.4) is 0 Å². The van der Waals surface area contributed by atoms with Crippen molar-refractivity contribution >= 4 is 11.6 Å². The molecule has 5 nitrogen and oxygen atoms in total. The van der Waals surface area contributed by atoms with Crippen molar-refractivity contribution in [1.29, 1.82) is 0 Å². The molecule has 5 heteroatoms. The number of carbonyl (C=O) groups is 1. The van der Waals surface area contributed by atoms with Crippen molar-refractivity contribution in [2.24, 2.45) is 0 Å². The van der Waals surface area contributed by atoms with E-state index in [4.69, 9.17) is 4.74 Å². The number of nitrogens with one attached hydrogen (secondary N) is 1. The number of benzene rings is 1. The first-order chi connectivity index (χ1) is 9.81. The number of amides is 1. The number of fused-ring (bicyclic) bond motifs is 2. The molecule has 20 heavy (non-hydrogen) atoms. The van der Waals surface area contributed by atoms with Gasteiger partial charge < -0.3 is 10.1 Å². The Labute approximate surface area is 118 Å². The first kappa shape index (κ1) is 12.2. The third kappa shape index (κ3) is 1.98. The molecule has 0 spiro atoms. The second-order valence-corrected chi connectivity index (χ2v) is 5.78. The zero-order valence-electron chi connectivity index (χ0n) is 11.4. The van der Waals surface area contributed by atoms with E-state index in [1.54, 1.807) is 0 Å². The number of hydrogen-bond acceptors (Lipinski definition) is 4. The third-order valence-electron chi connectivity index (χ3n) is 4.56. The first-order valence-corrected chi connectivity index (χ1v) is 7.36. The van der Waals surface area contributed by atoms with Crippen LogP contribution in [0.2, 0.25) is 0 Å². The van der Waals surface area contributed by atoms with Gasteiger partial charge in [0, 0.05) is 25.7 Å². The molecule has 0 bridgehead atoms. The number of rotatable bonds is 1. The van der Waals surface area contributed by atoms with Gasteiger partial charge in [0.15, 0.2) is 0 Å². The average molecular weight is 273 g/mol. The SMILES string of the molecule is O=C1Nc2ccccc2OC1N1CCN2CCCC2C1. The van der Waals surface area contributed by atoms with Crippen LogP contribution in [0.4, 0.5) is 5.69 Å². The van der Waals surface area contributed by atoms with Crippen molar-refractivity contribution in [1.82, 2.24) is 9.80 Å². The molecule has 3 aliphatic heterocycles. The second-order valence-electron chi connectivity index (χ2n) is 5.78. The number of piperazine rings is 1. The van der Waals surface area contributed by atoms with Crippen molar-refractivity contribution < 1.29 is 9.53 Å². The highest BCUT2D eigenvalue weighted by molar-refractivity contribution is 5.97. The van der Waals surface area contributed by atoms with E-state index in [2.05, 4.69) is 15.1 Å². The van der Waals surface area contributed by atoms with Crippen LogP contribution in [0.15, 0.2) is 24.3 Å². The molecule has 0 aliphatic carbocycles. The molecule has 1 N–H and O–H groups in total. The summed E-state index contributed by atoms with van der Waals surface area (Å²) in [6, 6.07) is 8.21. The summed E-state index contributed by atoms with van der Waals surface area (Å²) < 4.78 is 5.93. The molecular weight excluding hydrogens is 254 g/mol. The smallest absolute Gasteiger partial charge is 0.281 e. The molecule has 1 aromatic rings. The number of carbonyl (C=O) groups excluding carboxylic acids is 1. The average Bonchev–Trinajstić information content (AvgIpc) is 2.94. The topological polar surface area (TPSA) is 44.8 Å². The molecule has 0 radical (unpaired) electrons. The van der Waals surface area contributed by atoms with Gasteiger partial charge in [-0.15, -0.1) is 0 Å². The molecular formula is C15H19N3O2. The highest BCUT2D eigenvalue weighted by Gasteiger charge is 2.38. The van der Waals surface area contributed by atoms with Gasteiger partial charge in [-0.1, -0.05) is 12.1 Å². The van der Waals surface area contributed by atoms with E-state index in [1.165, 1.54) is 19.4 Å². The van der Waals surface area contributed by atoms with Crippen LogP contribution in [0.1, 0.15) is 12.8 Å². The summed E-state index contributed by atoms with van der Waals surface area (Å²) in [7, 11) is 0. The van der Waals surface area contributed by atoms with Crippen molar-refractivity contribution in [3.05, 3.63) is 24.3 Å². The lowest BCUT2D eigenvalue weighted by atomic mass is 10.1. The molecule has 4 rings (SSSR count). The Hall–Kier alpha value is -1.59. The number of para-hydroxylation sites is 2. The summed E-state index contributed by atoms with van der Waals surface area (Å²) in [4.78, 5) is 17.0. The Morgan fingerprint density at radius 3 is 2.95 bits per heavy atom. The van der Waals surface area contributed by atoms with E-state index in [1.807, 2.05) is 24.3 Å². The lowest BCUT2D eigenvalue weighted by Gasteiger charge is -2.41. The first-order valence-electron chi connectivity index (χ1n) is 7.36. The van der Waals surface area contributed by atoms with Gasteiger partial charge in [0.05, 0.1) is 5.69 Å². The van der Waals surface area contributed by atoms with Crippen LogP contribution in [-0.2, 0) is 4.79 Å². The highest BCUT2D eigenvalue weighted by Crippen LogP contribution is 2.31. The molecule has 2 atom stereocenters. The molecule has 3 heterocycles. The normalized spacial score (nSPS) is 30.3. The van der Waals surface area contributed by atoms with Gasteiger partial charge in [-0.3, -0.25) is 14.6 Å². The van der Waals surface area contributed by atoms with Crippen LogP contribution in [0.25, 0.3) is 0 Å². The highest BCUT2D eigenvalue weighted by atomic mass is 16.5. The van der Waals surface area contributed by atoms with E-state index >= 15 is 0 Å². The van der Waals surface area contributed by atoms with Crippen LogP contribution in [0, 0.1) is 0 Å². The molecule has 0 aromatic heterocycles. The van der Waals surface area contributed by atoms with Crippen LogP contribution < -0.4 is 10.1 Å². The molecule has 2 unspecified atom stereocenters. The van der Waals surface area contributed by atoms with E-state index < -0.39 is 6.23 Å². The van der Waals surface area contributed by atoms with Gasteiger partial charge in [0.1, 0.15) is 5.75 Å². The monoisotopic (exact) mass is 273 g/mol. The Balaban J connectivity index is 1.53. The van der Waals surface area contributed by atoms with Crippen LogP contribution in [0.5, 0.6) is 5.75 Å². The second kappa shape index (κ2) is 4.75. The fourth-order valence-electron chi connectivity index (χ4n) is 3.51. The standard InChI is InChI=1S/C15H19N3O2/c19-14-15(20-13-6-2-1-5-12(13)16-14)18-9-8-17-7-3-4-11(17)10-18/h1-2,5-6,11,15H,3-4,7-10H2,(H,16,19). The molecule has 0 saturated carbocycles. The summed E-state index contributed by atoms with van der Waals surface area (Å²) >= 11 is 0. The maximum atomic E-state index is 12.3. The Kier molecular flexibility index (Phi) is 2.89. The van der Waals surface area contributed by atoms with Crippen molar-refractivity contribution in [3.63, 3.8) is 0 Å². The molecule has 2 fully saturated rings. The van der Waals surface area contributed by atoms with E-state index in [0.717, 1.165) is 31.1 Å². The maximum Gasteiger partial charge on any atom is 0.281 e. The van der Waals surface area contributed by atoms with Gasteiger partial charge in [-0.05, 0) is 31.5 Å². The molecule has 1 amide bonds. The summed E-state index contributed by atoms with van der Waals surface area (Å²) in [5.74, 6) is 0.723. The number of nitrogens with zero attached hydrogens (tertiary/aromatic N) is 2. The maximum absolute atomic E-state index is 12.3. The predicted molar refractivity (Wildman–Crippen MR) is 75.7 cm³/mol. The van der Waals surface area contributed by atoms with Crippen molar-refractivity contribution in [2.75, 3.05) is 31.5 Å². The minimum Gasteiger partial charge on any atom is -0.463 e. The lowest BCUT2D eigenvalue weighted by Crippen LogP contribution is -2.58. The van der Waals surface area contributed by atoms with E-state index in [0.29, 0.717) is 6.04 Å². The Morgan fingerprint density at radius 1 is 1.15 bits per heavy atom. The van der Waals surface area contributed by atoms with E-state index in [9.17, 15) is 4.79 Å². The minimum absolute atomic E-state index is 0.0462. The Bertz CT molecular complexity index is 534. The van der Waals surface area contributed by atoms with Gasteiger partial charge in [0.2, 0.25) is 6.23 Å². The van der Waals surface area contributed by atoms with Gasteiger partial charge in [0.25, 0.3) is 5.91 Å². The fourth-order valence-corrected chi connectivity index (χ4v) is 3.51. The Morgan fingerprint density at radius 2 is 2.00 bits per heavy atom. The summed E-state index contributed by atoms with van der Waals surface area (Å²) in [5.41, 5.74) is 0.772. The molecule has 2 saturated heterocycles. The van der Waals surface area contributed by atoms with Gasteiger partial charge in [-0.2, -0.15) is 0 Å². The molecule has 3 aliphatic rings. The van der Waals surface area contributed by atoms with Crippen molar-refractivity contribution in [3.8, 4) is 5.75 Å². The number of hydrogen-bond donors (Lipinski definition) is 1. The zero-order chi connectivity index (χ0) is 13.5. The molecule has 1 aromatic carbocycles. The third-order valence-corrected chi connectivity index (χ3v) is 4.56. The molecule has 106 valence electrons.